The van der Waals surface area contributed by atoms with Crippen molar-refractivity contribution in [1.29, 1.82) is 0 Å². The van der Waals surface area contributed by atoms with Crippen molar-refractivity contribution in [3.63, 3.8) is 0 Å². The van der Waals surface area contributed by atoms with E-state index in [9.17, 15) is 4.79 Å². The first-order valence-corrected chi connectivity index (χ1v) is 8.04. The fourth-order valence-corrected chi connectivity index (χ4v) is 2.09. The van der Waals surface area contributed by atoms with Crippen LogP contribution in [0.5, 0.6) is 0 Å². The van der Waals surface area contributed by atoms with E-state index in [0.29, 0.717) is 35.2 Å². The van der Waals surface area contributed by atoms with Crippen LogP contribution in [-0.4, -0.2) is 29.1 Å². The van der Waals surface area contributed by atoms with Crippen LogP contribution < -0.4 is 16.4 Å². The summed E-state index contributed by atoms with van der Waals surface area (Å²) in [4.78, 5) is 20.1. The summed E-state index contributed by atoms with van der Waals surface area (Å²) < 4.78 is 5.00. The molecule has 0 bridgehead atoms. The molecule has 0 spiro atoms. The Morgan fingerprint density at radius 2 is 2.04 bits per heavy atom. The minimum Gasteiger partial charge on any atom is -0.462 e. The first-order chi connectivity index (χ1) is 11.7. The Hall–Kier alpha value is -2.83. The smallest absolute Gasteiger partial charge is 0.338 e. The van der Waals surface area contributed by atoms with Crippen molar-refractivity contribution in [1.82, 2.24) is 9.97 Å². The van der Waals surface area contributed by atoms with Crippen LogP contribution in [0.25, 0.3) is 0 Å². The third-order valence-electron chi connectivity index (χ3n) is 3.34. The summed E-state index contributed by atoms with van der Waals surface area (Å²) in [5.41, 5.74) is 7.73. The molecule has 2 aromatic rings. The van der Waals surface area contributed by atoms with Gasteiger partial charge in [0.2, 0.25) is 0 Å². The van der Waals surface area contributed by atoms with Gasteiger partial charge in [-0.3, -0.25) is 0 Å². The molecule has 24 heavy (non-hydrogen) atoms. The fraction of sp³-hybridized carbons (Fsp3) is 0.353. The van der Waals surface area contributed by atoms with Gasteiger partial charge in [0.1, 0.15) is 12.0 Å². The molecule has 1 aromatic heterocycles. The number of rotatable bonds is 8. The number of nitrogen functional groups attached to an aromatic ring is 1. The highest BCUT2D eigenvalue weighted by Gasteiger charge is 2.10. The average molecular weight is 329 g/mol. The van der Waals surface area contributed by atoms with Crippen molar-refractivity contribution in [2.24, 2.45) is 0 Å². The Bertz CT molecular complexity index is 690. The van der Waals surface area contributed by atoms with E-state index in [1.54, 1.807) is 25.1 Å². The number of ether oxygens (including phenoxy) is 1. The van der Waals surface area contributed by atoms with Crippen LogP contribution in [-0.2, 0) is 4.74 Å². The maximum atomic E-state index is 11.8. The summed E-state index contributed by atoms with van der Waals surface area (Å²) in [7, 11) is 0. The molecule has 0 saturated heterocycles. The van der Waals surface area contributed by atoms with E-state index in [0.717, 1.165) is 19.4 Å². The molecule has 0 atom stereocenters. The monoisotopic (exact) mass is 329 g/mol. The lowest BCUT2D eigenvalue weighted by molar-refractivity contribution is 0.0526. The molecular weight excluding hydrogens is 306 g/mol. The van der Waals surface area contributed by atoms with Gasteiger partial charge in [-0.15, -0.1) is 0 Å². The zero-order chi connectivity index (χ0) is 17.4. The number of nitrogens with two attached hydrogens (primary N) is 1. The van der Waals surface area contributed by atoms with E-state index in [1.807, 2.05) is 6.07 Å². The Morgan fingerprint density at radius 1 is 1.25 bits per heavy atom. The zero-order valence-electron chi connectivity index (χ0n) is 14.0. The summed E-state index contributed by atoms with van der Waals surface area (Å²) in [6.45, 7) is 5.03. The molecule has 2 rings (SSSR count). The van der Waals surface area contributed by atoms with Crippen molar-refractivity contribution in [2.75, 3.05) is 29.5 Å². The Morgan fingerprint density at radius 3 is 2.79 bits per heavy atom. The van der Waals surface area contributed by atoms with Gasteiger partial charge < -0.3 is 21.1 Å². The second-order valence-corrected chi connectivity index (χ2v) is 5.19. The number of esters is 1. The van der Waals surface area contributed by atoms with Crippen molar-refractivity contribution >= 4 is 29.0 Å². The van der Waals surface area contributed by atoms with Crippen LogP contribution in [0.3, 0.4) is 0 Å². The van der Waals surface area contributed by atoms with E-state index in [2.05, 4.69) is 27.5 Å². The van der Waals surface area contributed by atoms with Crippen molar-refractivity contribution in [3.8, 4) is 0 Å². The van der Waals surface area contributed by atoms with Crippen LogP contribution in [0.1, 0.15) is 37.0 Å². The first-order valence-electron chi connectivity index (χ1n) is 8.04. The normalized spacial score (nSPS) is 10.2. The lowest BCUT2D eigenvalue weighted by Gasteiger charge is -2.13. The molecule has 0 radical (unpaired) electrons. The Kier molecular flexibility index (Phi) is 6.36. The number of carbonyl (C=O) groups is 1. The quantitative estimate of drug-likeness (QED) is 0.505. The highest BCUT2D eigenvalue weighted by molar-refractivity contribution is 5.91. The number of unbranched alkanes of at least 4 members (excludes halogenated alkanes) is 1. The number of anilines is 4. The van der Waals surface area contributed by atoms with Crippen LogP contribution in [0, 0.1) is 0 Å². The summed E-state index contributed by atoms with van der Waals surface area (Å²) in [6, 6.07) is 6.99. The topological polar surface area (TPSA) is 102 Å². The molecule has 1 aromatic carbocycles. The molecule has 128 valence electrons. The minimum absolute atomic E-state index is 0.335. The number of hydrogen-bond donors (Lipinski definition) is 3. The van der Waals surface area contributed by atoms with E-state index >= 15 is 0 Å². The van der Waals surface area contributed by atoms with E-state index < -0.39 is 0 Å². The lowest BCUT2D eigenvalue weighted by atomic mass is 10.2. The molecule has 4 N–H and O–H groups in total. The Labute approximate surface area is 141 Å². The summed E-state index contributed by atoms with van der Waals surface area (Å²) >= 11 is 0. The minimum atomic E-state index is -0.362. The molecular formula is C17H23N5O2. The summed E-state index contributed by atoms with van der Waals surface area (Å²) in [5.74, 6) is 0.728. The third kappa shape index (κ3) is 4.58. The molecule has 1 heterocycles. The highest BCUT2D eigenvalue weighted by atomic mass is 16.5. The third-order valence-corrected chi connectivity index (χ3v) is 3.34. The maximum Gasteiger partial charge on any atom is 0.338 e. The van der Waals surface area contributed by atoms with Crippen molar-refractivity contribution < 1.29 is 9.53 Å². The van der Waals surface area contributed by atoms with Crippen LogP contribution in [0.2, 0.25) is 0 Å². The molecule has 0 aliphatic heterocycles. The second kappa shape index (κ2) is 8.71. The van der Waals surface area contributed by atoms with E-state index in [1.165, 1.54) is 6.33 Å². The molecule has 0 fully saturated rings. The van der Waals surface area contributed by atoms with Gasteiger partial charge in [0.25, 0.3) is 0 Å². The van der Waals surface area contributed by atoms with Gasteiger partial charge in [-0.05, 0) is 31.5 Å². The predicted molar refractivity (Wildman–Crippen MR) is 95.5 cm³/mol. The van der Waals surface area contributed by atoms with Gasteiger partial charge in [-0.2, -0.15) is 0 Å². The highest BCUT2D eigenvalue weighted by Crippen LogP contribution is 2.26. The van der Waals surface area contributed by atoms with E-state index in [-0.39, 0.29) is 5.97 Å². The van der Waals surface area contributed by atoms with Gasteiger partial charge in [-0.25, -0.2) is 14.8 Å². The van der Waals surface area contributed by atoms with Gasteiger partial charge in [0.15, 0.2) is 11.6 Å². The standard InChI is InChI=1S/C17H23N5O2/c1-3-5-9-19-15-14(18)16(21-11-20-15)22-13-8-6-7-12(10-13)17(23)24-4-2/h6-8,10-11H,3-5,9,18H2,1-2H3,(H2,19,20,21,22). The zero-order valence-corrected chi connectivity index (χ0v) is 14.0. The number of aromatic nitrogens is 2. The molecule has 0 aliphatic rings. The molecule has 0 unspecified atom stereocenters. The Balaban J connectivity index is 2.15. The van der Waals surface area contributed by atoms with Crippen molar-refractivity contribution in [3.05, 3.63) is 36.2 Å². The molecule has 0 aliphatic carbocycles. The predicted octanol–water partition coefficient (Wildman–Crippen LogP) is 3.19. The van der Waals surface area contributed by atoms with Gasteiger partial charge in [0.05, 0.1) is 12.2 Å². The number of nitrogens with zero attached hydrogens (tertiary/aromatic N) is 2. The summed E-state index contributed by atoms with van der Waals surface area (Å²) in [5, 5.41) is 6.31. The van der Waals surface area contributed by atoms with Crippen molar-refractivity contribution in [2.45, 2.75) is 26.7 Å². The molecule has 7 nitrogen and oxygen atoms in total. The molecule has 7 heteroatoms. The number of hydrogen-bond acceptors (Lipinski definition) is 7. The number of benzene rings is 1. The average Bonchev–Trinajstić information content (AvgIpc) is 2.59. The summed E-state index contributed by atoms with van der Waals surface area (Å²) in [6.07, 6.45) is 3.57. The van der Waals surface area contributed by atoms with Crippen LogP contribution >= 0.6 is 0 Å². The molecule has 0 saturated carbocycles. The lowest BCUT2D eigenvalue weighted by Crippen LogP contribution is -2.09. The second-order valence-electron chi connectivity index (χ2n) is 5.19. The molecule has 0 amide bonds. The van der Waals surface area contributed by atoms with Crippen LogP contribution in [0.15, 0.2) is 30.6 Å². The largest absolute Gasteiger partial charge is 0.462 e. The van der Waals surface area contributed by atoms with Gasteiger partial charge in [-0.1, -0.05) is 19.4 Å². The van der Waals surface area contributed by atoms with Crippen LogP contribution in [0.4, 0.5) is 23.0 Å². The first kappa shape index (κ1) is 17.5. The number of carbonyl (C=O) groups excluding carboxylic acids is 1. The SMILES string of the molecule is CCCCNc1ncnc(Nc2cccc(C(=O)OCC)c2)c1N. The van der Waals surface area contributed by atoms with E-state index in [4.69, 9.17) is 10.5 Å². The number of nitrogens with one attached hydrogen (secondary N) is 2. The van der Waals surface area contributed by atoms with Gasteiger partial charge in [0, 0.05) is 12.2 Å². The maximum absolute atomic E-state index is 11.8. The van der Waals surface area contributed by atoms with Gasteiger partial charge >= 0.3 is 5.97 Å². The fourth-order valence-electron chi connectivity index (χ4n) is 2.09.